The Morgan fingerprint density at radius 3 is 2.30 bits per heavy atom. The number of amides is 1. The predicted octanol–water partition coefficient (Wildman–Crippen LogP) is 1.64. The molecule has 0 aliphatic carbocycles. The highest BCUT2D eigenvalue weighted by atomic mass is 32.2. The lowest BCUT2D eigenvalue weighted by molar-refractivity contribution is -0.123. The van der Waals surface area contributed by atoms with Crippen LogP contribution in [-0.4, -0.2) is 14.3 Å². The molecule has 2 rings (SSSR count). The zero-order valence-electron chi connectivity index (χ0n) is 12.1. The predicted molar refractivity (Wildman–Crippen MR) is 79.7 cm³/mol. The molecule has 0 aliphatic rings. The topological polar surface area (TPSA) is 89.3 Å². The van der Waals surface area contributed by atoms with Gasteiger partial charge in [-0.25, -0.2) is 17.2 Å². The van der Waals surface area contributed by atoms with Crippen LogP contribution >= 0.6 is 0 Å². The second kappa shape index (κ2) is 6.05. The van der Waals surface area contributed by atoms with Crippen molar-refractivity contribution >= 4 is 15.9 Å². The van der Waals surface area contributed by atoms with Crippen molar-refractivity contribution in [2.45, 2.75) is 17.4 Å². The van der Waals surface area contributed by atoms with Gasteiger partial charge < -0.3 is 5.73 Å². The number of hydrogen-bond donors (Lipinski definition) is 2. The van der Waals surface area contributed by atoms with Crippen molar-refractivity contribution in [3.63, 3.8) is 0 Å². The number of nitrogens with one attached hydrogen (secondary N) is 1. The Morgan fingerprint density at radius 2 is 1.74 bits per heavy atom. The fourth-order valence-electron chi connectivity index (χ4n) is 2.03. The highest BCUT2D eigenvalue weighted by molar-refractivity contribution is 7.89. The summed E-state index contributed by atoms with van der Waals surface area (Å²) in [5.74, 6) is -3.05. The molecular formula is C15H14F2N2O3S. The number of rotatable bonds is 5. The van der Waals surface area contributed by atoms with Crippen LogP contribution in [0.4, 0.5) is 8.78 Å². The van der Waals surface area contributed by atoms with Crippen molar-refractivity contribution in [2.24, 2.45) is 5.73 Å². The first-order chi connectivity index (χ1) is 10.7. The van der Waals surface area contributed by atoms with Crippen molar-refractivity contribution in [3.8, 4) is 0 Å². The van der Waals surface area contributed by atoms with E-state index in [1.54, 1.807) is 18.2 Å². The quantitative estimate of drug-likeness (QED) is 0.867. The zero-order valence-corrected chi connectivity index (χ0v) is 12.9. The van der Waals surface area contributed by atoms with Crippen molar-refractivity contribution in [2.75, 3.05) is 0 Å². The molecule has 0 unspecified atom stereocenters. The SMILES string of the molecule is C[C@](NS(=O)(=O)c1cc(F)ccc1F)(C(N)=O)c1ccccc1. The van der Waals surface area contributed by atoms with E-state index in [0.717, 1.165) is 6.07 Å². The highest BCUT2D eigenvalue weighted by Gasteiger charge is 2.38. The molecule has 2 aromatic carbocycles. The van der Waals surface area contributed by atoms with E-state index in [2.05, 4.69) is 4.72 Å². The number of carbonyl (C=O) groups excluding carboxylic acids is 1. The smallest absolute Gasteiger partial charge is 0.244 e. The average molecular weight is 340 g/mol. The Labute approximate surface area is 132 Å². The molecule has 8 heteroatoms. The zero-order chi connectivity index (χ0) is 17.3. The molecule has 23 heavy (non-hydrogen) atoms. The number of halogens is 2. The molecule has 0 aliphatic heterocycles. The van der Waals surface area contributed by atoms with Crippen LogP contribution in [0.2, 0.25) is 0 Å². The molecule has 0 radical (unpaired) electrons. The fourth-order valence-corrected chi connectivity index (χ4v) is 3.49. The molecule has 3 N–H and O–H groups in total. The number of sulfonamides is 1. The van der Waals surface area contributed by atoms with Crippen LogP contribution in [0.1, 0.15) is 12.5 Å². The lowest BCUT2D eigenvalue weighted by atomic mass is 9.93. The molecule has 0 bridgehead atoms. The summed E-state index contributed by atoms with van der Waals surface area (Å²) in [4.78, 5) is 10.9. The molecule has 0 saturated carbocycles. The molecule has 0 heterocycles. The van der Waals surface area contributed by atoms with E-state index in [4.69, 9.17) is 5.73 Å². The molecule has 1 atom stereocenters. The van der Waals surface area contributed by atoms with Gasteiger partial charge in [0.05, 0.1) is 0 Å². The Kier molecular flexibility index (Phi) is 4.49. The van der Waals surface area contributed by atoms with Gasteiger partial charge >= 0.3 is 0 Å². The summed E-state index contributed by atoms with van der Waals surface area (Å²) in [7, 11) is -4.53. The molecule has 0 aromatic heterocycles. The van der Waals surface area contributed by atoms with E-state index in [0.29, 0.717) is 12.1 Å². The fraction of sp³-hybridized carbons (Fsp3) is 0.133. The van der Waals surface area contributed by atoms with Crippen LogP contribution in [-0.2, 0) is 20.4 Å². The lowest BCUT2D eigenvalue weighted by Crippen LogP contribution is -2.52. The minimum absolute atomic E-state index is 0.271. The van der Waals surface area contributed by atoms with Gasteiger partial charge in [-0.1, -0.05) is 30.3 Å². The van der Waals surface area contributed by atoms with Gasteiger partial charge in [0.2, 0.25) is 15.9 Å². The molecule has 0 spiro atoms. The van der Waals surface area contributed by atoms with Crippen LogP contribution in [0.25, 0.3) is 0 Å². The minimum Gasteiger partial charge on any atom is -0.368 e. The molecule has 2 aromatic rings. The van der Waals surface area contributed by atoms with Crippen molar-refractivity contribution in [1.29, 1.82) is 0 Å². The Morgan fingerprint density at radius 1 is 1.13 bits per heavy atom. The van der Waals surface area contributed by atoms with Crippen LogP contribution in [0.15, 0.2) is 53.4 Å². The number of nitrogens with two attached hydrogens (primary N) is 1. The summed E-state index contributed by atoms with van der Waals surface area (Å²) in [6, 6.07) is 9.86. The van der Waals surface area contributed by atoms with E-state index < -0.39 is 38.0 Å². The largest absolute Gasteiger partial charge is 0.368 e. The number of benzene rings is 2. The van der Waals surface area contributed by atoms with E-state index >= 15 is 0 Å². The third kappa shape index (κ3) is 3.38. The maximum Gasteiger partial charge on any atom is 0.244 e. The van der Waals surface area contributed by atoms with Gasteiger partial charge in [-0.15, -0.1) is 0 Å². The summed E-state index contributed by atoms with van der Waals surface area (Å²) in [5.41, 5.74) is 3.77. The number of carbonyl (C=O) groups is 1. The molecule has 0 saturated heterocycles. The summed E-state index contributed by atoms with van der Waals surface area (Å²) >= 11 is 0. The van der Waals surface area contributed by atoms with Crippen LogP contribution in [0, 0.1) is 11.6 Å². The molecule has 5 nitrogen and oxygen atoms in total. The van der Waals surface area contributed by atoms with E-state index in [1.807, 2.05) is 0 Å². The van der Waals surface area contributed by atoms with Gasteiger partial charge in [-0.2, -0.15) is 4.72 Å². The van der Waals surface area contributed by atoms with Gasteiger partial charge in [0.25, 0.3) is 0 Å². The van der Waals surface area contributed by atoms with E-state index in [9.17, 15) is 22.0 Å². The van der Waals surface area contributed by atoms with Gasteiger partial charge in [-0.3, -0.25) is 4.79 Å². The lowest BCUT2D eigenvalue weighted by Gasteiger charge is -2.27. The standard InChI is InChI=1S/C15H14F2N2O3S/c1-15(14(18)20,10-5-3-2-4-6-10)19-23(21,22)13-9-11(16)7-8-12(13)17/h2-9,19H,1H3,(H2,18,20)/t15-/m1/s1. The maximum absolute atomic E-state index is 13.7. The van der Waals surface area contributed by atoms with Crippen molar-refractivity contribution in [1.82, 2.24) is 4.72 Å². The van der Waals surface area contributed by atoms with E-state index in [-0.39, 0.29) is 5.56 Å². The first-order valence-electron chi connectivity index (χ1n) is 6.51. The molecule has 122 valence electrons. The third-order valence-corrected chi connectivity index (χ3v) is 4.93. The van der Waals surface area contributed by atoms with Crippen molar-refractivity contribution < 1.29 is 22.0 Å². The second-order valence-electron chi connectivity index (χ2n) is 5.04. The minimum atomic E-state index is -4.53. The van der Waals surface area contributed by atoms with E-state index in [1.165, 1.54) is 19.1 Å². The number of hydrogen-bond acceptors (Lipinski definition) is 3. The van der Waals surface area contributed by atoms with Gasteiger partial charge in [0.1, 0.15) is 22.1 Å². The first-order valence-corrected chi connectivity index (χ1v) is 7.99. The van der Waals surface area contributed by atoms with Crippen LogP contribution < -0.4 is 10.5 Å². The van der Waals surface area contributed by atoms with Crippen LogP contribution in [0.5, 0.6) is 0 Å². The van der Waals surface area contributed by atoms with Gasteiger partial charge in [-0.05, 0) is 30.7 Å². The maximum atomic E-state index is 13.7. The summed E-state index contributed by atoms with van der Waals surface area (Å²) in [5, 5.41) is 0. The molecule has 1 amide bonds. The molecule has 0 fully saturated rings. The summed E-state index contributed by atoms with van der Waals surface area (Å²) < 4.78 is 53.8. The Bertz CT molecular complexity index is 841. The first kappa shape index (κ1) is 17.0. The Hall–Kier alpha value is -2.32. The Balaban J connectivity index is 2.52. The van der Waals surface area contributed by atoms with Crippen molar-refractivity contribution in [3.05, 3.63) is 65.7 Å². The number of primary amides is 1. The summed E-state index contributed by atoms with van der Waals surface area (Å²) in [6.45, 7) is 1.25. The third-order valence-electron chi connectivity index (χ3n) is 3.37. The molecular weight excluding hydrogens is 326 g/mol. The van der Waals surface area contributed by atoms with Gasteiger partial charge in [0, 0.05) is 0 Å². The normalized spacial score (nSPS) is 14.2. The highest BCUT2D eigenvalue weighted by Crippen LogP contribution is 2.25. The second-order valence-corrected chi connectivity index (χ2v) is 6.69. The van der Waals surface area contributed by atoms with Crippen LogP contribution in [0.3, 0.4) is 0 Å². The average Bonchev–Trinajstić information content (AvgIpc) is 2.49. The summed E-state index contributed by atoms with van der Waals surface area (Å²) in [6.07, 6.45) is 0. The van der Waals surface area contributed by atoms with Gasteiger partial charge in [0.15, 0.2) is 0 Å². The monoisotopic (exact) mass is 340 g/mol.